The van der Waals surface area contributed by atoms with Crippen molar-refractivity contribution < 1.29 is 0 Å². The van der Waals surface area contributed by atoms with Crippen molar-refractivity contribution in [2.24, 2.45) is 11.8 Å². The molecule has 1 aromatic rings. The Hall–Kier alpha value is -0.380. The molecule has 0 fully saturated rings. The van der Waals surface area contributed by atoms with E-state index in [-0.39, 0.29) is 6.04 Å². The molecular weight excluding hydrogens is 264 g/mol. The topological polar surface area (TPSA) is 38.0 Å². The summed E-state index contributed by atoms with van der Waals surface area (Å²) >= 11 is 3.53. The fourth-order valence-corrected chi connectivity index (χ4v) is 2.78. The van der Waals surface area contributed by atoms with Gasteiger partial charge in [0, 0.05) is 10.5 Å². The smallest absolute Gasteiger partial charge is 0.0486 e. The summed E-state index contributed by atoms with van der Waals surface area (Å²) in [6, 6.07) is 6.68. The lowest BCUT2D eigenvalue weighted by atomic mass is 9.91. The number of nitrogens with two attached hydrogens (primary N) is 1. The van der Waals surface area contributed by atoms with E-state index in [0.29, 0.717) is 5.92 Å². The summed E-state index contributed by atoms with van der Waals surface area (Å²) in [6.07, 6.45) is 2.37. The van der Waals surface area contributed by atoms with Gasteiger partial charge in [-0.15, -0.1) is 0 Å². The molecule has 0 saturated heterocycles. The van der Waals surface area contributed by atoms with Gasteiger partial charge in [-0.3, -0.25) is 11.3 Å². The molecule has 0 bridgehead atoms. The van der Waals surface area contributed by atoms with Crippen molar-refractivity contribution in [1.29, 1.82) is 0 Å². The van der Waals surface area contributed by atoms with Gasteiger partial charge in [-0.05, 0) is 42.5 Å². The Morgan fingerprint density at radius 3 is 2.56 bits per heavy atom. The molecule has 0 aliphatic heterocycles. The number of halogens is 1. The predicted molar refractivity (Wildman–Crippen MR) is 73.0 cm³/mol. The first-order valence-corrected chi connectivity index (χ1v) is 6.61. The molecule has 0 spiro atoms. The number of hydrogen-bond donors (Lipinski definition) is 2. The molecule has 0 amide bonds. The highest BCUT2D eigenvalue weighted by molar-refractivity contribution is 9.10. The maximum absolute atomic E-state index is 5.67. The Morgan fingerprint density at radius 2 is 2.06 bits per heavy atom. The van der Waals surface area contributed by atoms with Crippen molar-refractivity contribution in [3.05, 3.63) is 33.8 Å². The van der Waals surface area contributed by atoms with Crippen molar-refractivity contribution in [3.8, 4) is 0 Å². The van der Waals surface area contributed by atoms with Gasteiger partial charge in [0.05, 0.1) is 0 Å². The lowest BCUT2D eigenvalue weighted by Crippen LogP contribution is -2.32. The number of rotatable bonds is 5. The minimum atomic E-state index is 0.233. The summed E-state index contributed by atoms with van der Waals surface area (Å²) in [6.45, 7) is 6.55. The lowest BCUT2D eigenvalue weighted by Gasteiger charge is -2.24. The van der Waals surface area contributed by atoms with Gasteiger partial charge < -0.3 is 0 Å². The molecule has 2 nitrogen and oxygen atoms in total. The third-order valence-corrected chi connectivity index (χ3v) is 3.37. The number of hydrogen-bond acceptors (Lipinski definition) is 2. The molecule has 0 heterocycles. The van der Waals surface area contributed by atoms with Crippen LogP contribution in [0.2, 0.25) is 0 Å². The van der Waals surface area contributed by atoms with Crippen LogP contribution in [0.4, 0.5) is 0 Å². The monoisotopic (exact) mass is 284 g/mol. The number of benzene rings is 1. The van der Waals surface area contributed by atoms with Gasteiger partial charge in [0.1, 0.15) is 0 Å². The molecule has 0 aliphatic rings. The van der Waals surface area contributed by atoms with E-state index < -0.39 is 0 Å². The summed E-state index contributed by atoms with van der Waals surface area (Å²) in [5, 5.41) is 0. The molecule has 1 rings (SSSR count). The van der Waals surface area contributed by atoms with Crippen molar-refractivity contribution in [3.63, 3.8) is 0 Å². The van der Waals surface area contributed by atoms with E-state index in [2.05, 4.69) is 60.3 Å². The minimum absolute atomic E-state index is 0.233. The van der Waals surface area contributed by atoms with E-state index in [1.54, 1.807) is 0 Å². The summed E-state index contributed by atoms with van der Waals surface area (Å²) < 4.78 is 1.12. The normalized spacial score (nSPS) is 14.8. The fourth-order valence-electron chi connectivity index (χ4n) is 2.16. The number of hydrazine groups is 1. The van der Waals surface area contributed by atoms with Crippen molar-refractivity contribution in [1.82, 2.24) is 5.43 Å². The van der Waals surface area contributed by atoms with E-state index in [0.717, 1.165) is 4.47 Å². The second kappa shape index (κ2) is 6.38. The van der Waals surface area contributed by atoms with Crippen LogP contribution in [0.5, 0.6) is 0 Å². The van der Waals surface area contributed by atoms with Gasteiger partial charge >= 0.3 is 0 Å². The van der Waals surface area contributed by atoms with Crippen molar-refractivity contribution >= 4 is 15.9 Å². The van der Waals surface area contributed by atoms with Crippen LogP contribution in [0.1, 0.15) is 43.9 Å². The molecule has 0 saturated carbocycles. The summed E-state index contributed by atoms with van der Waals surface area (Å²) in [4.78, 5) is 0. The zero-order chi connectivity index (χ0) is 12.1. The van der Waals surface area contributed by atoms with Gasteiger partial charge in [0.25, 0.3) is 0 Å². The van der Waals surface area contributed by atoms with Crippen LogP contribution in [0.25, 0.3) is 0 Å². The van der Waals surface area contributed by atoms with Crippen LogP contribution in [0, 0.1) is 12.8 Å². The second-order valence-electron chi connectivity index (χ2n) is 4.47. The Kier molecular flexibility index (Phi) is 5.46. The Morgan fingerprint density at radius 1 is 1.38 bits per heavy atom. The van der Waals surface area contributed by atoms with Crippen molar-refractivity contribution in [2.45, 2.75) is 39.7 Å². The van der Waals surface area contributed by atoms with Crippen LogP contribution in [-0.4, -0.2) is 0 Å². The van der Waals surface area contributed by atoms with E-state index in [1.807, 2.05) is 0 Å². The van der Waals surface area contributed by atoms with Gasteiger partial charge in [-0.2, -0.15) is 0 Å². The molecule has 3 heteroatoms. The van der Waals surface area contributed by atoms with Gasteiger partial charge in [-0.1, -0.05) is 42.3 Å². The summed E-state index contributed by atoms with van der Waals surface area (Å²) in [5.74, 6) is 6.22. The summed E-state index contributed by atoms with van der Waals surface area (Å²) in [7, 11) is 0. The van der Waals surface area contributed by atoms with Crippen LogP contribution in [0.3, 0.4) is 0 Å². The molecule has 3 N–H and O–H groups in total. The number of aryl methyl sites for hydroxylation is 1. The second-order valence-corrected chi connectivity index (χ2v) is 5.39. The van der Waals surface area contributed by atoms with E-state index in [4.69, 9.17) is 5.84 Å². The fraction of sp³-hybridized carbons (Fsp3) is 0.538. The molecule has 2 atom stereocenters. The first kappa shape index (κ1) is 13.7. The first-order valence-electron chi connectivity index (χ1n) is 5.81. The average Bonchev–Trinajstić information content (AvgIpc) is 2.17. The van der Waals surface area contributed by atoms with Crippen LogP contribution < -0.4 is 11.3 Å². The lowest BCUT2D eigenvalue weighted by molar-refractivity contribution is 0.368. The molecule has 2 unspecified atom stereocenters. The highest BCUT2D eigenvalue weighted by Gasteiger charge is 2.17. The average molecular weight is 285 g/mol. The van der Waals surface area contributed by atoms with Gasteiger partial charge in [0.2, 0.25) is 0 Å². The largest absolute Gasteiger partial charge is 0.271 e. The SMILES string of the molecule is CCCC(C)C(NN)c1cc(C)cc(Br)c1. The Bertz CT molecular complexity index is 318. The molecule has 90 valence electrons. The third-order valence-electron chi connectivity index (χ3n) is 2.92. The molecule has 1 aromatic carbocycles. The van der Waals surface area contributed by atoms with Crippen molar-refractivity contribution in [2.75, 3.05) is 0 Å². The highest BCUT2D eigenvalue weighted by Crippen LogP contribution is 2.27. The zero-order valence-corrected chi connectivity index (χ0v) is 11.8. The summed E-state index contributed by atoms with van der Waals surface area (Å²) in [5.41, 5.74) is 5.45. The Labute approximate surface area is 107 Å². The van der Waals surface area contributed by atoms with Crippen LogP contribution in [-0.2, 0) is 0 Å². The predicted octanol–water partition coefficient (Wildman–Crippen LogP) is 3.70. The minimum Gasteiger partial charge on any atom is -0.271 e. The zero-order valence-electron chi connectivity index (χ0n) is 10.3. The molecular formula is C13H21BrN2. The van der Waals surface area contributed by atoms with Crippen LogP contribution in [0.15, 0.2) is 22.7 Å². The maximum atomic E-state index is 5.67. The quantitative estimate of drug-likeness (QED) is 0.639. The van der Waals surface area contributed by atoms with E-state index in [1.165, 1.54) is 24.0 Å². The van der Waals surface area contributed by atoms with Crippen LogP contribution >= 0.6 is 15.9 Å². The third kappa shape index (κ3) is 3.58. The van der Waals surface area contributed by atoms with E-state index in [9.17, 15) is 0 Å². The maximum Gasteiger partial charge on any atom is 0.0486 e. The molecule has 16 heavy (non-hydrogen) atoms. The Balaban J connectivity index is 2.94. The molecule has 0 aliphatic carbocycles. The first-order chi connectivity index (χ1) is 7.58. The highest BCUT2D eigenvalue weighted by atomic mass is 79.9. The van der Waals surface area contributed by atoms with E-state index >= 15 is 0 Å². The molecule has 0 aromatic heterocycles. The van der Waals surface area contributed by atoms with Gasteiger partial charge in [-0.25, -0.2) is 0 Å². The van der Waals surface area contributed by atoms with Gasteiger partial charge in [0.15, 0.2) is 0 Å². The molecule has 0 radical (unpaired) electrons. The standard InChI is InChI=1S/C13H21BrN2/c1-4-5-10(3)13(16-15)11-6-9(2)7-12(14)8-11/h6-8,10,13,16H,4-5,15H2,1-3H3. The number of nitrogens with one attached hydrogen (secondary N) is 1.